The number of para-hydroxylation sites is 1. The second-order valence-corrected chi connectivity index (χ2v) is 6.74. The van der Waals surface area contributed by atoms with E-state index in [-0.39, 0.29) is 6.10 Å². The summed E-state index contributed by atoms with van der Waals surface area (Å²) in [7, 11) is -1.74. The predicted octanol–water partition coefficient (Wildman–Crippen LogP) is 1.92. The Kier molecular flexibility index (Phi) is 5.01. The largest absolute Gasteiger partial charge is 0.387 e. The molecule has 0 bridgehead atoms. The van der Waals surface area contributed by atoms with Crippen molar-refractivity contribution in [1.82, 2.24) is 4.31 Å². The molecule has 1 aromatic rings. The SMILES string of the molecule is CCOC1CCCN(S(=O)(=O)c2ccccc2NC)C1. The van der Waals surface area contributed by atoms with E-state index in [1.54, 1.807) is 25.2 Å². The number of benzene rings is 1. The van der Waals surface area contributed by atoms with Crippen LogP contribution in [0.2, 0.25) is 0 Å². The number of hydrogen-bond acceptors (Lipinski definition) is 4. The molecule has 0 amide bonds. The van der Waals surface area contributed by atoms with E-state index in [1.807, 2.05) is 13.0 Å². The summed E-state index contributed by atoms with van der Waals surface area (Å²) in [6.07, 6.45) is 1.77. The van der Waals surface area contributed by atoms with Crippen molar-refractivity contribution in [3.05, 3.63) is 24.3 Å². The number of nitrogens with zero attached hydrogens (tertiary/aromatic N) is 1. The molecule has 1 aliphatic heterocycles. The summed E-state index contributed by atoms with van der Waals surface area (Å²) in [5, 5.41) is 2.94. The van der Waals surface area contributed by atoms with Gasteiger partial charge in [0.2, 0.25) is 10.0 Å². The van der Waals surface area contributed by atoms with Crippen molar-refractivity contribution < 1.29 is 13.2 Å². The van der Waals surface area contributed by atoms with Gasteiger partial charge in [0.15, 0.2) is 0 Å². The lowest BCUT2D eigenvalue weighted by Gasteiger charge is -2.32. The van der Waals surface area contributed by atoms with Crippen molar-refractivity contribution in [2.45, 2.75) is 30.8 Å². The minimum absolute atomic E-state index is 0.00488. The van der Waals surface area contributed by atoms with Gasteiger partial charge in [0.1, 0.15) is 4.90 Å². The van der Waals surface area contributed by atoms with Crippen molar-refractivity contribution in [3.63, 3.8) is 0 Å². The van der Waals surface area contributed by atoms with Gasteiger partial charge in [-0.05, 0) is 31.9 Å². The number of piperidine rings is 1. The third-order valence-electron chi connectivity index (χ3n) is 3.52. The van der Waals surface area contributed by atoms with Crippen molar-refractivity contribution in [1.29, 1.82) is 0 Å². The average molecular weight is 298 g/mol. The zero-order chi connectivity index (χ0) is 14.6. The molecule has 1 aliphatic rings. The summed E-state index contributed by atoms with van der Waals surface area (Å²) in [5.74, 6) is 0. The second-order valence-electron chi connectivity index (χ2n) is 4.83. The molecule has 5 nitrogen and oxygen atoms in total. The molecule has 1 aromatic carbocycles. The minimum Gasteiger partial charge on any atom is -0.387 e. The quantitative estimate of drug-likeness (QED) is 0.902. The lowest BCUT2D eigenvalue weighted by atomic mass is 10.1. The number of ether oxygens (including phenoxy) is 1. The molecule has 1 atom stereocenters. The number of sulfonamides is 1. The normalized spacial score (nSPS) is 20.8. The maximum Gasteiger partial charge on any atom is 0.245 e. The molecule has 1 N–H and O–H groups in total. The number of hydrogen-bond donors (Lipinski definition) is 1. The molecule has 0 saturated carbocycles. The third kappa shape index (κ3) is 3.13. The van der Waals surface area contributed by atoms with Gasteiger partial charge in [-0.2, -0.15) is 4.31 Å². The van der Waals surface area contributed by atoms with Crippen molar-refractivity contribution in [3.8, 4) is 0 Å². The van der Waals surface area contributed by atoms with Crippen molar-refractivity contribution in [2.75, 3.05) is 32.1 Å². The highest BCUT2D eigenvalue weighted by Gasteiger charge is 2.31. The Bertz CT molecular complexity index is 543. The molecular formula is C14H22N2O3S. The highest BCUT2D eigenvalue weighted by Crippen LogP contribution is 2.27. The van der Waals surface area contributed by atoms with Gasteiger partial charge in [-0.15, -0.1) is 0 Å². The molecule has 0 aliphatic carbocycles. The van der Waals surface area contributed by atoms with Gasteiger partial charge in [-0.3, -0.25) is 0 Å². The Morgan fingerprint density at radius 1 is 1.40 bits per heavy atom. The Labute approximate surface area is 121 Å². The fraction of sp³-hybridized carbons (Fsp3) is 0.571. The van der Waals surface area contributed by atoms with Gasteiger partial charge in [-0.1, -0.05) is 12.1 Å². The van der Waals surface area contributed by atoms with Crippen LogP contribution in [0.1, 0.15) is 19.8 Å². The average Bonchev–Trinajstić information content (AvgIpc) is 2.48. The maximum atomic E-state index is 12.7. The molecule has 6 heteroatoms. The first-order valence-electron chi connectivity index (χ1n) is 6.98. The van der Waals surface area contributed by atoms with Crippen LogP contribution in [0, 0.1) is 0 Å². The van der Waals surface area contributed by atoms with E-state index in [2.05, 4.69) is 5.32 Å². The Hall–Kier alpha value is -1.11. The summed E-state index contributed by atoms with van der Waals surface area (Å²) in [6, 6.07) is 6.99. The molecule has 20 heavy (non-hydrogen) atoms. The molecule has 1 heterocycles. The topological polar surface area (TPSA) is 58.6 Å². The summed E-state index contributed by atoms with van der Waals surface area (Å²) in [4.78, 5) is 0.333. The molecular weight excluding hydrogens is 276 g/mol. The molecule has 0 radical (unpaired) electrons. The highest BCUT2D eigenvalue weighted by atomic mass is 32.2. The highest BCUT2D eigenvalue weighted by molar-refractivity contribution is 7.89. The molecule has 0 spiro atoms. The monoisotopic (exact) mass is 298 g/mol. The first-order valence-corrected chi connectivity index (χ1v) is 8.42. The zero-order valence-electron chi connectivity index (χ0n) is 12.0. The van der Waals surface area contributed by atoms with Gasteiger partial charge in [0.25, 0.3) is 0 Å². The lowest BCUT2D eigenvalue weighted by Crippen LogP contribution is -2.43. The maximum absolute atomic E-state index is 12.7. The van der Waals surface area contributed by atoms with Crippen LogP contribution in [0.25, 0.3) is 0 Å². The molecule has 1 fully saturated rings. The Balaban J connectivity index is 2.25. The minimum atomic E-state index is -3.47. The van der Waals surface area contributed by atoms with Gasteiger partial charge >= 0.3 is 0 Å². The van der Waals surface area contributed by atoms with E-state index in [9.17, 15) is 8.42 Å². The van der Waals surface area contributed by atoms with Crippen molar-refractivity contribution in [2.24, 2.45) is 0 Å². The standard InChI is InChI=1S/C14H22N2O3S/c1-3-19-12-7-6-10-16(11-12)20(17,18)14-9-5-4-8-13(14)15-2/h4-5,8-9,12,15H,3,6-7,10-11H2,1-2H3. The first kappa shape index (κ1) is 15.3. The van der Waals surface area contributed by atoms with E-state index < -0.39 is 10.0 Å². The zero-order valence-corrected chi connectivity index (χ0v) is 12.8. The summed E-state index contributed by atoms with van der Waals surface area (Å²) < 4.78 is 32.6. The Morgan fingerprint density at radius 3 is 2.85 bits per heavy atom. The summed E-state index contributed by atoms with van der Waals surface area (Å²) in [5.41, 5.74) is 0.631. The number of rotatable bonds is 5. The fourth-order valence-electron chi connectivity index (χ4n) is 2.53. The Morgan fingerprint density at radius 2 is 2.15 bits per heavy atom. The van der Waals surface area contributed by atoms with Crippen LogP contribution < -0.4 is 5.32 Å². The van der Waals surface area contributed by atoms with Crippen LogP contribution in [0.4, 0.5) is 5.69 Å². The van der Waals surface area contributed by atoms with Gasteiger partial charge < -0.3 is 10.1 Å². The van der Waals surface area contributed by atoms with Crippen LogP contribution in [0.5, 0.6) is 0 Å². The predicted molar refractivity (Wildman–Crippen MR) is 79.4 cm³/mol. The van der Waals surface area contributed by atoms with Gasteiger partial charge in [0, 0.05) is 26.7 Å². The van der Waals surface area contributed by atoms with Gasteiger partial charge in [0.05, 0.1) is 11.8 Å². The second kappa shape index (κ2) is 6.56. The van der Waals surface area contributed by atoms with Crippen LogP contribution >= 0.6 is 0 Å². The van der Waals surface area contributed by atoms with E-state index in [4.69, 9.17) is 4.74 Å². The van der Waals surface area contributed by atoms with Crippen LogP contribution in [-0.2, 0) is 14.8 Å². The lowest BCUT2D eigenvalue weighted by molar-refractivity contribution is 0.0265. The molecule has 0 aromatic heterocycles. The van der Waals surface area contributed by atoms with E-state index in [1.165, 1.54) is 4.31 Å². The smallest absolute Gasteiger partial charge is 0.245 e. The molecule has 1 saturated heterocycles. The summed E-state index contributed by atoms with van der Waals surface area (Å²) in [6.45, 7) is 3.55. The van der Waals surface area contributed by atoms with Gasteiger partial charge in [-0.25, -0.2) is 8.42 Å². The van der Waals surface area contributed by atoms with E-state index >= 15 is 0 Å². The van der Waals surface area contributed by atoms with E-state index in [0.29, 0.717) is 30.3 Å². The van der Waals surface area contributed by atoms with Crippen LogP contribution in [-0.4, -0.2) is 45.6 Å². The van der Waals surface area contributed by atoms with Crippen LogP contribution in [0.15, 0.2) is 29.2 Å². The fourth-order valence-corrected chi connectivity index (χ4v) is 4.24. The molecule has 2 rings (SSSR count). The molecule has 1 unspecified atom stereocenters. The van der Waals surface area contributed by atoms with Crippen molar-refractivity contribution >= 4 is 15.7 Å². The number of anilines is 1. The van der Waals surface area contributed by atoms with Crippen LogP contribution in [0.3, 0.4) is 0 Å². The third-order valence-corrected chi connectivity index (χ3v) is 5.44. The van der Waals surface area contributed by atoms with E-state index in [0.717, 1.165) is 12.8 Å². The number of nitrogens with one attached hydrogen (secondary N) is 1. The first-order chi connectivity index (χ1) is 9.59. The molecule has 112 valence electrons. The summed E-state index contributed by atoms with van der Waals surface area (Å²) >= 11 is 0.